The van der Waals surface area contributed by atoms with Gasteiger partial charge in [0.2, 0.25) is 0 Å². The van der Waals surface area contributed by atoms with E-state index in [0.29, 0.717) is 22.5 Å². The van der Waals surface area contributed by atoms with Crippen LogP contribution in [-0.4, -0.2) is 37.3 Å². The molecule has 0 amide bonds. The summed E-state index contributed by atoms with van der Waals surface area (Å²) in [7, 11) is 1.35. The highest BCUT2D eigenvalue weighted by atomic mass is 32.1. The summed E-state index contributed by atoms with van der Waals surface area (Å²) in [6.45, 7) is 4.08. The summed E-state index contributed by atoms with van der Waals surface area (Å²) in [4.78, 5) is 25.1. The van der Waals surface area contributed by atoms with Crippen LogP contribution in [0, 0.1) is 11.8 Å². The predicted molar refractivity (Wildman–Crippen MR) is 97.1 cm³/mol. The van der Waals surface area contributed by atoms with E-state index in [0.717, 1.165) is 19.3 Å². The Hall–Kier alpha value is -2.09. The molecule has 138 valence electrons. The standard InChI is InChI=1S/C17H25N3O4S/c1-4-24-16(22)14-11(8-19-17(18)25)20-9(2)12(15(21)23-3)13(14)10-6-5-7-10/h10,13,20H,4-8H2,1-3H3,(H3,18,19,25). The highest BCUT2D eigenvalue weighted by molar-refractivity contribution is 7.80. The van der Waals surface area contributed by atoms with E-state index in [9.17, 15) is 9.59 Å². The molecule has 1 saturated carbocycles. The van der Waals surface area contributed by atoms with Crippen LogP contribution in [0.5, 0.6) is 0 Å². The first kappa shape index (κ1) is 19.2. The molecule has 1 aliphatic carbocycles. The van der Waals surface area contributed by atoms with Gasteiger partial charge in [0.25, 0.3) is 0 Å². The molecule has 1 heterocycles. The lowest BCUT2D eigenvalue weighted by atomic mass is 9.67. The fourth-order valence-corrected chi connectivity index (χ4v) is 3.41. The van der Waals surface area contributed by atoms with Gasteiger partial charge in [0.15, 0.2) is 5.11 Å². The molecule has 8 heteroatoms. The van der Waals surface area contributed by atoms with Gasteiger partial charge < -0.3 is 25.8 Å². The van der Waals surface area contributed by atoms with Crippen molar-refractivity contribution in [2.75, 3.05) is 20.3 Å². The lowest BCUT2D eigenvalue weighted by molar-refractivity contribution is -0.140. The van der Waals surface area contributed by atoms with Crippen LogP contribution in [-0.2, 0) is 19.1 Å². The maximum absolute atomic E-state index is 12.7. The molecule has 2 rings (SSSR count). The molecule has 0 saturated heterocycles. The normalized spacial score (nSPS) is 20.5. The third-order valence-electron chi connectivity index (χ3n) is 4.65. The van der Waals surface area contributed by atoms with Crippen molar-refractivity contribution in [3.63, 3.8) is 0 Å². The summed E-state index contributed by atoms with van der Waals surface area (Å²) in [6.07, 6.45) is 2.99. The van der Waals surface area contributed by atoms with Crippen LogP contribution in [0.4, 0.5) is 0 Å². The van der Waals surface area contributed by atoms with E-state index in [1.165, 1.54) is 7.11 Å². The van der Waals surface area contributed by atoms with Gasteiger partial charge in [-0.05, 0) is 44.8 Å². The second kappa shape index (κ2) is 8.33. The number of rotatable bonds is 6. The monoisotopic (exact) mass is 367 g/mol. The van der Waals surface area contributed by atoms with Crippen molar-refractivity contribution in [2.45, 2.75) is 33.1 Å². The lowest BCUT2D eigenvalue weighted by Gasteiger charge is -2.39. The highest BCUT2D eigenvalue weighted by Gasteiger charge is 2.43. The summed E-state index contributed by atoms with van der Waals surface area (Å²) >= 11 is 4.86. The molecule has 1 atom stereocenters. The first-order valence-electron chi connectivity index (χ1n) is 8.40. The smallest absolute Gasteiger partial charge is 0.336 e. The summed E-state index contributed by atoms with van der Waals surface area (Å²) < 4.78 is 10.2. The van der Waals surface area contributed by atoms with Gasteiger partial charge in [0.05, 0.1) is 31.4 Å². The van der Waals surface area contributed by atoms with E-state index in [2.05, 4.69) is 10.6 Å². The second-order valence-corrected chi connectivity index (χ2v) is 6.59. The van der Waals surface area contributed by atoms with Gasteiger partial charge in [-0.15, -0.1) is 0 Å². The van der Waals surface area contributed by atoms with E-state index in [-0.39, 0.29) is 30.1 Å². The van der Waals surface area contributed by atoms with E-state index < -0.39 is 11.9 Å². The average molecular weight is 367 g/mol. The molecular weight excluding hydrogens is 342 g/mol. The zero-order valence-electron chi connectivity index (χ0n) is 14.8. The number of hydrogen-bond acceptors (Lipinski definition) is 6. The Balaban J connectivity index is 2.49. The molecule has 0 aromatic rings. The van der Waals surface area contributed by atoms with Crippen LogP contribution in [0.3, 0.4) is 0 Å². The van der Waals surface area contributed by atoms with Crippen molar-refractivity contribution in [1.29, 1.82) is 0 Å². The van der Waals surface area contributed by atoms with Crippen LogP contribution in [0.25, 0.3) is 0 Å². The lowest BCUT2D eigenvalue weighted by Crippen LogP contribution is -2.43. The molecule has 0 radical (unpaired) electrons. The number of esters is 2. The molecule has 0 aromatic carbocycles. The molecular formula is C17H25N3O4S. The zero-order valence-corrected chi connectivity index (χ0v) is 15.6. The largest absolute Gasteiger partial charge is 0.466 e. The zero-order chi connectivity index (χ0) is 18.6. The Kier molecular flexibility index (Phi) is 6.41. The Morgan fingerprint density at radius 1 is 1.32 bits per heavy atom. The number of hydrogen-bond donors (Lipinski definition) is 3. The van der Waals surface area contributed by atoms with Crippen molar-refractivity contribution >= 4 is 29.3 Å². The van der Waals surface area contributed by atoms with Crippen molar-refractivity contribution in [1.82, 2.24) is 10.6 Å². The van der Waals surface area contributed by atoms with Gasteiger partial charge in [-0.2, -0.15) is 0 Å². The number of dihydropyridines is 1. The van der Waals surface area contributed by atoms with Crippen LogP contribution in [0.1, 0.15) is 33.1 Å². The van der Waals surface area contributed by atoms with Crippen LogP contribution >= 0.6 is 12.2 Å². The van der Waals surface area contributed by atoms with Crippen molar-refractivity contribution in [2.24, 2.45) is 17.6 Å². The summed E-state index contributed by atoms with van der Waals surface area (Å²) in [5.41, 5.74) is 7.79. The molecule has 1 aliphatic heterocycles. The molecule has 7 nitrogen and oxygen atoms in total. The third kappa shape index (κ3) is 4.12. The van der Waals surface area contributed by atoms with Gasteiger partial charge in [-0.1, -0.05) is 6.42 Å². The average Bonchev–Trinajstić information content (AvgIpc) is 2.50. The van der Waals surface area contributed by atoms with Crippen molar-refractivity contribution in [3.8, 4) is 0 Å². The van der Waals surface area contributed by atoms with Gasteiger partial charge in [-0.25, -0.2) is 9.59 Å². The maximum Gasteiger partial charge on any atom is 0.336 e. The number of methoxy groups -OCH3 is 1. The summed E-state index contributed by atoms with van der Waals surface area (Å²) in [5, 5.41) is 6.14. The van der Waals surface area contributed by atoms with E-state index in [1.54, 1.807) is 13.8 Å². The van der Waals surface area contributed by atoms with E-state index >= 15 is 0 Å². The van der Waals surface area contributed by atoms with Gasteiger partial charge in [0.1, 0.15) is 0 Å². The topological polar surface area (TPSA) is 103 Å². The van der Waals surface area contributed by atoms with Crippen molar-refractivity contribution in [3.05, 3.63) is 22.5 Å². The SMILES string of the molecule is CCOC(=O)C1=C(CNC(N)=S)NC(C)=C(C(=O)OC)C1C1CCC1. The number of nitrogens with two attached hydrogens (primary N) is 1. The van der Waals surface area contributed by atoms with Gasteiger partial charge in [0, 0.05) is 17.3 Å². The number of nitrogens with one attached hydrogen (secondary N) is 2. The van der Waals surface area contributed by atoms with Gasteiger partial charge >= 0.3 is 11.9 Å². The molecule has 0 bridgehead atoms. The number of ether oxygens (including phenoxy) is 2. The maximum atomic E-state index is 12.7. The summed E-state index contributed by atoms with van der Waals surface area (Å²) in [5.74, 6) is -0.986. The van der Waals surface area contributed by atoms with E-state index in [4.69, 9.17) is 27.4 Å². The fourth-order valence-electron chi connectivity index (χ4n) is 3.33. The number of carbonyl (C=O) groups excluding carboxylic acids is 2. The summed E-state index contributed by atoms with van der Waals surface area (Å²) in [6, 6.07) is 0. The Labute approximate surface area is 153 Å². The number of allylic oxidation sites excluding steroid dienone is 1. The molecule has 4 N–H and O–H groups in total. The molecule has 1 fully saturated rings. The quantitative estimate of drug-likeness (QED) is 0.474. The minimum Gasteiger partial charge on any atom is -0.466 e. The van der Waals surface area contributed by atoms with E-state index in [1.807, 2.05) is 0 Å². The van der Waals surface area contributed by atoms with Crippen molar-refractivity contribution < 1.29 is 19.1 Å². The molecule has 25 heavy (non-hydrogen) atoms. The molecule has 1 unspecified atom stereocenters. The molecule has 2 aliphatic rings. The Morgan fingerprint density at radius 3 is 2.48 bits per heavy atom. The minimum atomic E-state index is -0.430. The minimum absolute atomic E-state index is 0.137. The number of thiocarbonyl (C=S) groups is 1. The molecule has 0 aromatic heterocycles. The van der Waals surface area contributed by atoms with Crippen LogP contribution in [0.15, 0.2) is 22.5 Å². The molecule has 0 spiro atoms. The Morgan fingerprint density at radius 2 is 2.00 bits per heavy atom. The van der Waals surface area contributed by atoms with Gasteiger partial charge in [-0.3, -0.25) is 0 Å². The Bertz CT molecular complexity index is 638. The number of carbonyl (C=O) groups is 2. The predicted octanol–water partition coefficient (Wildman–Crippen LogP) is 1.10. The third-order valence-corrected chi connectivity index (χ3v) is 4.80. The second-order valence-electron chi connectivity index (χ2n) is 6.15. The fraction of sp³-hybridized carbons (Fsp3) is 0.588. The first-order valence-corrected chi connectivity index (χ1v) is 8.81. The first-order chi connectivity index (χ1) is 11.9. The highest BCUT2D eigenvalue weighted by Crippen LogP contribution is 2.44. The van der Waals surface area contributed by atoms with Crippen LogP contribution < -0.4 is 16.4 Å². The van der Waals surface area contributed by atoms with Crippen LogP contribution in [0.2, 0.25) is 0 Å².